The van der Waals surface area contributed by atoms with Gasteiger partial charge in [-0.15, -0.1) is 0 Å². The first-order valence-electron chi connectivity index (χ1n) is 4.68. The van der Waals surface area contributed by atoms with E-state index in [4.69, 9.17) is 20.3 Å². The second kappa shape index (κ2) is 4.38. The molecule has 0 bridgehead atoms. The van der Waals surface area contributed by atoms with Gasteiger partial charge in [0, 0.05) is 17.1 Å². The number of rotatable bonds is 3. The normalized spacial score (nSPS) is 15.4. The minimum Gasteiger partial charge on any atom is -0.454 e. The van der Waals surface area contributed by atoms with Crippen molar-refractivity contribution in [3.8, 4) is 11.5 Å². The van der Waals surface area contributed by atoms with E-state index in [-0.39, 0.29) is 19.4 Å². The van der Waals surface area contributed by atoms with Gasteiger partial charge in [-0.1, -0.05) is 15.9 Å². The molecule has 82 valence electrons. The van der Waals surface area contributed by atoms with Crippen molar-refractivity contribution in [1.29, 1.82) is 0 Å². The molecular formula is C10H12BrNO3. The zero-order valence-corrected chi connectivity index (χ0v) is 9.66. The number of halogens is 1. The molecule has 15 heavy (non-hydrogen) atoms. The fourth-order valence-corrected chi connectivity index (χ4v) is 2.13. The Morgan fingerprint density at radius 2 is 2.07 bits per heavy atom. The van der Waals surface area contributed by atoms with Crippen molar-refractivity contribution >= 4 is 15.9 Å². The van der Waals surface area contributed by atoms with Crippen molar-refractivity contribution < 1.29 is 14.6 Å². The molecule has 0 fully saturated rings. The van der Waals surface area contributed by atoms with E-state index in [0.717, 1.165) is 15.8 Å². The third-order valence-electron chi connectivity index (χ3n) is 2.33. The number of benzene rings is 1. The van der Waals surface area contributed by atoms with Crippen molar-refractivity contribution in [2.24, 2.45) is 5.73 Å². The monoisotopic (exact) mass is 273 g/mol. The number of aliphatic hydroxyl groups excluding tert-OH is 1. The van der Waals surface area contributed by atoms with E-state index in [1.54, 1.807) is 0 Å². The second-order valence-electron chi connectivity index (χ2n) is 3.35. The van der Waals surface area contributed by atoms with E-state index in [0.29, 0.717) is 12.2 Å². The summed E-state index contributed by atoms with van der Waals surface area (Å²) in [6.07, 6.45) is 0.526. The second-order valence-corrected chi connectivity index (χ2v) is 4.20. The Labute approximate surface area is 96.1 Å². The van der Waals surface area contributed by atoms with Crippen LogP contribution in [0, 0.1) is 0 Å². The summed E-state index contributed by atoms with van der Waals surface area (Å²) in [6, 6.07) is 3.50. The van der Waals surface area contributed by atoms with Gasteiger partial charge in [-0.25, -0.2) is 0 Å². The molecule has 1 aliphatic rings. The van der Waals surface area contributed by atoms with E-state index in [1.807, 2.05) is 12.1 Å². The molecular weight excluding hydrogens is 262 g/mol. The number of ether oxygens (including phenoxy) is 2. The van der Waals surface area contributed by atoms with Crippen LogP contribution < -0.4 is 15.2 Å². The van der Waals surface area contributed by atoms with Crippen LogP contribution in [0.1, 0.15) is 18.0 Å². The van der Waals surface area contributed by atoms with E-state index in [9.17, 15) is 0 Å². The zero-order chi connectivity index (χ0) is 10.8. The number of fused-ring (bicyclic) bond motifs is 1. The minimum absolute atomic E-state index is 0.0715. The highest BCUT2D eigenvalue weighted by Crippen LogP contribution is 2.38. The van der Waals surface area contributed by atoms with Crippen LogP contribution in [-0.4, -0.2) is 18.5 Å². The quantitative estimate of drug-likeness (QED) is 0.878. The van der Waals surface area contributed by atoms with Crippen LogP contribution in [0.4, 0.5) is 0 Å². The highest BCUT2D eigenvalue weighted by atomic mass is 79.9. The molecule has 1 heterocycles. The van der Waals surface area contributed by atoms with Gasteiger partial charge in [0.05, 0.1) is 0 Å². The third kappa shape index (κ3) is 2.09. The Balaban J connectivity index is 2.31. The first-order valence-corrected chi connectivity index (χ1v) is 5.47. The van der Waals surface area contributed by atoms with Gasteiger partial charge in [0.15, 0.2) is 11.5 Å². The molecule has 1 aliphatic heterocycles. The van der Waals surface area contributed by atoms with E-state index in [1.165, 1.54) is 0 Å². The lowest BCUT2D eigenvalue weighted by Crippen LogP contribution is -2.12. The maximum atomic E-state index is 8.83. The largest absolute Gasteiger partial charge is 0.454 e. The molecule has 3 N–H and O–H groups in total. The van der Waals surface area contributed by atoms with E-state index < -0.39 is 0 Å². The molecule has 5 heteroatoms. The first-order chi connectivity index (χ1) is 7.22. The number of hydrogen-bond donors (Lipinski definition) is 2. The van der Waals surface area contributed by atoms with Gasteiger partial charge < -0.3 is 20.3 Å². The smallest absolute Gasteiger partial charge is 0.231 e. The molecule has 0 saturated carbocycles. The predicted octanol–water partition coefficient (Wildman–Crippen LogP) is 1.56. The SMILES string of the molecule is N[C@@H](CCO)c1cc2c(cc1Br)OCO2. The summed E-state index contributed by atoms with van der Waals surface area (Å²) in [7, 11) is 0. The average molecular weight is 274 g/mol. The Kier molecular flexibility index (Phi) is 3.14. The fraction of sp³-hybridized carbons (Fsp3) is 0.400. The van der Waals surface area contributed by atoms with Gasteiger partial charge in [0.2, 0.25) is 6.79 Å². The Morgan fingerprint density at radius 1 is 1.40 bits per heavy atom. The summed E-state index contributed by atoms with van der Waals surface area (Å²) in [5.74, 6) is 1.43. The van der Waals surface area contributed by atoms with Gasteiger partial charge in [-0.05, 0) is 24.1 Å². The van der Waals surface area contributed by atoms with Crippen LogP contribution in [0.3, 0.4) is 0 Å². The van der Waals surface area contributed by atoms with Gasteiger partial charge in [-0.2, -0.15) is 0 Å². The van der Waals surface area contributed by atoms with Crippen molar-refractivity contribution in [3.05, 3.63) is 22.2 Å². The minimum atomic E-state index is -0.195. The summed E-state index contributed by atoms with van der Waals surface area (Å²) in [4.78, 5) is 0. The summed E-state index contributed by atoms with van der Waals surface area (Å²) >= 11 is 3.42. The lowest BCUT2D eigenvalue weighted by Gasteiger charge is -2.13. The highest BCUT2D eigenvalue weighted by molar-refractivity contribution is 9.10. The van der Waals surface area contributed by atoms with Gasteiger partial charge >= 0.3 is 0 Å². The molecule has 1 atom stereocenters. The standard InChI is InChI=1S/C10H12BrNO3/c11-7-4-10-9(14-5-15-10)3-6(7)8(12)1-2-13/h3-4,8,13H,1-2,5,12H2/t8-/m0/s1. The molecule has 0 radical (unpaired) electrons. The van der Waals surface area contributed by atoms with Crippen molar-refractivity contribution in [1.82, 2.24) is 0 Å². The van der Waals surface area contributed by atoms with Crippen LogP contribution in [0.15, 0.2) is 16.6 Å². The van der Waals surface area contributed by atoms with Crippen LogP contribution >= 0.6 is 15.9 Å². The van der Waals surface area contributed by atoms with Crippen LogP contribution in [0.5, 0.6) is 11.5 Å². The molecule has 0 aliphatic carbocycles. The summed E-state index contributed by atoms with van der Waals surface area (Å²) in [6.45, 7) is 0.322. The molecule has 0 aromatic heterocycles. The summed E-state index contributed by atoms with van der Waals surface area (Å²) in [5.41, 5.74) is 6.84. The predicted molar refractivity (Wildman–Crippen MR) is 58.9 cm³/mol. The van der Waals surface area contributed by atoms with Gasteiger partial charge in [0.25, 0.3) is 0 Å². The topological polar surface area (TPSA) is 64.7 Å². The number of aliphatic hydroxyl groups is 1. The molecule has 1 aromatic rings. The van der Waals surface area contributed by atoms with Gasteiger partial charge in [-0.3, -0.25) is 0 Å². The Morgan fingerprint density at radius 3 is 2.73 bits per heavy atom. The third-order valence-corrected chi connectivity index (χ3v) is 3.02. The lowest BCUT2D eigenvalue weighted by molar-refractivity contribution is 0.174. The van der Waals surface area contributed by atoms with E-state index >= 15 is 0 Å². The number of hydrogen-bond acceptors (Lipinski definition) is 4. The fourth-order valence-electron chi connectivity index (χ4n) is 1.51. The molecule has 4 nitrogen and oxygen atoms in total. The van der Waals surface area contributed by atoms with Crippen LogP contribution in [0.25, 0.3) is 0 Å². The zero-order valence-electron chi connectivity index (χ0n) is 8.07. The molecule has 2 rings (SSSR count). The summed E-state index contributed by atoms with van der Waals surface area (Å²) < 4.78 is 11.4. The lowest BCUT2D eigenvalue weighted by atomic mass is 10.0. The maximum Gasteiger partial charge on any atom is 0.231 e. The van der Waals surface area contributed by atoms with Crippen molar-refractivity contribution in [3.63, 3.8) is 0 Å². The van der Waals surface area contributed by atoms with Crippen LogP contribution in [0.2, 0.25) is 0 Å². The van der Waals surface area contributed by atoms with Crippen molar-refractivity contribution in [2.75, 3.05) is 13.4 Å². The van der Waals surface area contributed by atoms with E-state index in [2.05, 4.69) is 15.9 Å². The first kappa shape index (κ1) is 10.7. The average Bonchev–Trinajstić information content (AvgIpc) is 2.63. The molecule has 0 saturated heterocycles. The maximum absolute atomic E-state index is 8.83. The Hall–Kier alpha value is -0.780. The van der Waals surface area contributed by atoms with Crippen LogP contribution in [-0.2, 0) is 0 Å². The summed E-state index contributed by atoms with van der Waals surface area (Å²) in [5, 5.41) is 8.83. The highest BCUT2D eigenvalue weighted by Gasteiger charge is 2.18. The number of nitrogens with two attached hydrogens (primary N) is 1. The molecule has 0 amide bonds. The van der Waals surface area contributed by atoms with Gasteiger partial charge in [0.1, 0.15) is 0 Å². The van der Waals surface area contributed by atoms with Crippen molar-refractivity contribution in [2.45, 2.75) is 12.5 Å². The molecule has 0 spiro atoms. The molecule has 0 unspecified atom stereocenters. The molecule has 1 aromatic carbocycles. The Bertz CT molecular complexity index is 370.